The molecule has 0 unspecified atom stereocenters. The molecular formula is C12H16F3NO4. The van der Waals surface area contributed by atoms with Crippen LogP contribution in [0.15, 0.2) is 0 Å². The molecule has 114 valence electrons. The number of nitrogens with zero attached hydrogens (tertiary/aromatic N) is 1. The number of carboxylic acid groups (broad SMARTS) is 1. The molecule has 2 atom stereocenters. The Kier molecular flexibility index (Phi) is 3.00. The standard InChI is InChI=1S/C12H16F3NO4/c1-10(2,3)20-9(19)16-4-6-7(5-16)11(6,8(17)18)12(13,14)15/h6-7H,4-5H2,1-3H3,(H,17,18)/t6-,7-/m1/s1. The number of ether oxygens (including phenoxy) is 1. The molecule has 0 aromatic heterocycles. The molecule has 20 heavy (non-hydrogen) atoms. The van der Waals surface area contributed by atoms with Crippen molar-refractivity contribution in [2.24, 2.45) is 17.3 Å². The van der Waals surface area contributed by atoms with E-state index in [4.69, 9.17) is 9.84 Å². The van der Waals surface area contributed by atoms with Crippen molar-refractivity contribution in [3.8, 4) is 0 Å². The molecular weight excluding hydrogens is 279 g/mol. The number of amides is 1. The summed E-state index contributed by atoms with van der Waals surface area (Å²) in [7, 11) is 0. The second-order valence-electron chi connectivity index (χ2n) is 6.27. The summed E-state index contributed by atoms with van der Waals surface area (Å²) in [6.07, 6.45) is -5.50. The van der Waals surface area contributed by atoms with Crippen LogP contribution in [0.1, 0.15) is 20.8 Å². The van der Waals surface area contributed by atoms with Gasteiger partial charge in [-0.1, -0.05) is 0 Å². The van der Waals surface area contributed by atoms with Gasteiger partial charge in [0.2, 0.25) is 0 Å². The Balaban J connectivity index is 2.06. The van der Waals surface area contributed by atoms with Crippen molar-refractivity contribution in [1.82, 2.24) is 4.90 Å². The average molecular weight is 295 g/mol. The van der Waals surface area contributed by atoms with Gasteiger partial charge in [-0.05, 0) is 20.8 Å². The van der Waals surface area contributed by atoms with Gasteiger partial charge in [0.05, 0.1) is 0 Å². The largest absolute Gasteiger partial charge is 0.481 e. The number of alkyl halides is 3. The molecule has 1 amide bonds. The molecule has 1 heterocycles. The molecule has 1 saturated heterocycles. The Morgan fingerprint density at radius 3 is 1.95 bits per heavy atom. The highest BCUT2D eigenvalue weighted by Crippen LogP contribution is 2.70. The molecule has 1 aliphatic heterocycles. The molecule has 1 saturated carbocycles. The highest BCUT2D eigenvalue weighted by atomic mass is 19.4. The van der Waals surface area contributed by atoms with Gasteiger partial charge in [-0.25, -0.2) is 4.79 Å². The van der Waals surface area contributed by atoms with Crippen molar-refractivity contribution in [1.29, 1.82) is 0 Å². The lowest BCUT2D eigenvalue weighted by Crippen LogP contribution is -2.44. The number of hydrogen-bond donors (Lipinski definition) is 1. The van der Waals surface area contributed by atoms with E-state index in [1.165, 1.54) is 0 Å². The third-order valence-corrected chi connectivity index (χ3v) is 3.86. The Morgan fingerprint density at radius 1 is 1.20 bits per heavy atom. The van der Waals surface area contributed by atoms with E-state index in [1.807, 2.05) is 0 Å². The average Bonchev–Trinajstić information content (AvgIpc) is 2.63. The second-order valence-corrected chi connectivity index (χ2v) is 6.27. The van der Waals surface area contributed by atoms with Crippen LogP contribution in [0.2, 0.25) is 0 Å². The summed E-state index contributed by atoms with van der Waals surface area (Å²) in [6, 6.07) is 0. The molecule has 0 aromatic rings. The zero-order valence-corrected chi connectivity index (χ0v) is 11.3. The predicted molar refractivity (Wildman–Crippen MR) is 60.9 cm³/mol. The van der Waals surface area contributed by atoms with Gasteiger partial charge in [0.25, 0.3) is 0 Å². The van der Waals surface area contributed by atoms with Crippen molar-refractivity contribution in [3.63, 3.8) is 0 Å². The Bertz CT molecular complexity index is 443. The van der Waals surface area contributed by atoms with E-state index in [0.717, 1.165) is 4.90 Å². The summed E-state index contributed by atoms with van der Waals surface area (Å²) in [5, 5.41) is 8.90. The maximum absolute atomic E-state index is 13.0. The van der Waals surface area contributed by atoms with Crippen molar-refractivity contribution >= 4 is 12.1 Å². The lowest BCUT2D eigenvalue weighted by Gasteiger charge is -2.28. The molecule has 0 aromatic carbocycles. The van der Waals surface area contributed by atoms with Crippen LogP contribution in [0, 0.1) is 17.3 Å². The highest BCUT2D eigenvalue weighted by Gasteiger charge is 2.85. The van der Waals surface area contributed by atoms with Crippen LogP contribution in [-0.4, -0.2) is 46.9 Å². The SMILES string of the molecule is CC(C)(C)OC(=O)N1C[C@@H]2[C@@H](C1)C2(C(=O)O)C(F)(F)F. The smallest absolute Gasteiger partial charge is 0.410 e. The van der Waals surface area contributed by atoms with E-state index in [-0.39, 0.29) is 13.1 Å². The molecule has 0 bridgehead atoms. The van der Waals surface area contributed by atoms with Gasteiger partial charge in [-0.2, -0.15) is 13.2 Å². The number of piperidine rings is 1. The number of halogens is 3. The van der Waals surface area contributed by atoms with Gasteiger partial charge < -0.3 is 14.7 Å². The Morgan fingerprint density at radius 2 is 1.65 bits per heavy atom. The predicted octanol–water partition coefficient (Wildman–Crippen LogP) is 2.12. The van der Waals surface area contributed by atoms with E-state index in [2.05, 4.69) is 0 Å². The van der Waals surface area contributed by atoms with E-state index in [9.17, 15) is 22.8 Å². The minimum absolute atomic E-state index is 0.231. The number of fused-ring (bicyclic) bond motifs is 1. The minimum atomic E-state index is -4.80. The van der Waals surface area contributed by atoms with Gasteiger partial charge in [0, 0.05) is 24.9 Å². The second kappa shape index (κ2) is 4.02. The van der Waals surface area contributed by atoms with Crippen LogP contribution in [0.25, 0.3) is 0 Å². The molecule has 2 fully saturated rings. The van der Waals surface area contributed by atoms with Gasteiger partial charge >= 0.3 is 18.2 Å². The zero-order chi connectivity index (χ0) is 15.5. The van der Waals surface area contributed by atoms with E-state index >= 15 is 0 Å². The Hall–Kier alpha value is -1.47. The quantitative estimate of drug-likeness (QED) is 0.804. The first-order valence-corrected chi connectivity index (χ1v) is 6.19. The summed E-state index contributed by atoms with van der Waals surface area (Å²) in [4.78, 5) is 23.9. The van der Waals surface area contributed by atoms with Gasteiger partial charge in [-0.3, -0.25) is 4.79 Å². The summed E-state index contributed by atoms with van der Waals surface area (Å²) in [5.74, 6) is -4.01. The van der Waals surface area contributed by atoms with Crippen LogP contribution in [0.5, 0.6) is 0 Å². The number of carbonyl (C=O) groups excluding carboxylic acids is 1. The minimum Gasteiger partial charge on any atom is -0.481 e. The van der Waals surface area contributed by atoms with E-state index < -0.39 is 41.1 Å². The monoisotopic (exact) mass is 295 g/mol. The first-order valence-electron chi connectivity index (χ1n) is 6.19. The van der Waals surface area contributed by atoms with Crippen LogP contribution >= 0.6 is 0 Å². The molecule has 1 aliphatic carbocycles. The first kappa shape index (κ1) is 14.9. The molecule has 1 N–H and O–H groups in total. The normalized spacial score (nSPS) is 32.8. The Labute approximate surface area is 113 Å². The lowest BCUT2D eigenvalue weighted by molar-refractivity contribution is -0.212. The molecule has 0 radical (unpaired) electrons. The van der Waals surface area contributed by atoms with Crippen molar-refractivity contribution < 1.29 is 32.6 Å². The summed E-state index contributed by atoms with van der Waals surface area (Å²) in [6.45, 7) is 4.49. The highest BCUT2D eigenvalue weighted by molar-refractivity contribution is 5.82. The van der Waals surface area contributed by atoms with Gasteiger partial charge in [0.1, 0.15) is 5.60 Å². The fraction of sp³-hybridized carbons (Fsp3) is 0.833. The first-order chi connectivity index (χ1) is 8.91. The molecule has 2 aliphatic rings. The van der Waals surface area contributed by atoms with Gasteiger partial charge in [0.15, 0.2) is 5.41 Å². The number of carbonyl (C=O) groups is 2. The number of hydrogen-bond acceptors (Lipinski definition) is 3. The molecule has 5 nitrogen and oxygen atoms in total. The summed E-state index contributed by atoms with van der Waals surface area (Å²) >= 11 is 0. The number of carboxylic acids is 1. The van der Waals surface area contributed by atoms with Crippen LogP contribution in [-0.2, 0) is 9.53 Å². The zero-order valence-electron chi connectivity index (χ0n) is 11.3. The topological polar surface area (TPSA) is 66.8 Å². The summed E-state index contributed by atoms with van der Waals surface area (Å²) < 4.78 is 43.9. The molecule has 0 spiro atoms. The maximum atomic E-state index is 13.0. The van der Waals surface area contributed by atoms with Crippen LogP contribution < -0.4 is 0 Å². The van der Waals surface area contributed by atoms with Crippen molar-refractivity contribution in [2.75, 3.05) is 13.1 Å². The third kappa shape index (κ3) is 2.01. The van der Waals surface area contributed by atoms with Crippen LogP contribution in [0.4, 0.5) is 18.0 Å². The molecule has 2 rings (SSSR count). The van der Waals surface area contributed by atoms with Crippen molar-refractivity contribution in [3.05, 3.63) is 0 Å². The number of likely N-dealkylation sites (tertiary alicyclic amines) is 1. The van der Waals surface area contributed by atoms with E-state index in [1.54, 1.807) is 20.8 Å². The number of rotatable bonds is 1. The van der Waals surface area contributed by atoms with Crippen LogP contribution in [0.3, 0.4) is 0 Å². The lowest BCUT2D eigenvalue weighted by atomic mass is 9.99. The maximum Gasteiger partial charge on any atom is 0.410 e. The summed E-state index contributed by atoms with van der Waals surface area (Å²) in [5.41, 5.74) is -3.43. The van der Waals surface area contributed by atoms with E-state index in [0.29, 0.717) is 0 Å². The third-order valence-electron chi connectivity index (χ3n) is 3.86. The van der Waals surface area contributed by atoms with Gasteiger partial charge in [-0.15, -0.1) is 0 Å². The number of aliphatic carboxylic acids is 1. The fourth-order valence-corrected chi connectivity index (χ4v) is 2.96. The molecule has 8 heteroatoms. The van der Waals surface area contributed by atoms with Crippen molar-refractivity contribution in [2.45, 2.75) is 32.5 Å². The fourth-order valence-electron chi connectivity index (χ4n) is 2.96.